The number of oxime groups is 1. The largest absolute Gasteiger partial charge is 0.399 e. The number of pyridine rings is 1. The van der Waals surface area contributed by atoms with Crippen molar-refractivity contribution in [1.82, 2.24) is 14.5 Å². The zero-order chi connectivity index (χ0) is 19.5. The van der Waals surface area contributed by atoms with Gasteiger partial charge in [0, 0.05) is 48.5 Å². The molecule has 0 radical (unpaired) electrons. The highest BCUT2D eigenvalue weighted by atomic mass is 16.6. The standard InChI is InChI=1S/C23H34N4O/c1-17(2)18-6-8-20(9-7-18)26-13-10-21(11-14-26)27-16-19(15-25-28-3)22-5-4-12-24-23(22)27/h4-5,12,15-18,20-21H,6-11,13-14H2,1-3H3/b25-15+. The van der Waals surface area contributed by atoms with E-state index in [0.717, 1.165) is 34.5 Å². The molecule has 1 saturated carbocycles. The van der Waals surface area contributed by atoms with Crippen LogP contribution in [0.4, 0.5) is 0 Å². The molecule has 0 amide bonds. The normalized spacial score (nSPS) is 25.1. The van der Waals surface area contributed by atoms with Crippen LogP contribution in [0.1, 0.15) is 64.0 Å². The maximum absolute atomic E-state index is 4.89. The van der Waals surface area contributed by atoms with E-state index >= 15 is 0 Å². The molecule has 2 fully saturated rings. The summed E-state index contributed by atoms with van der Waals surface area (Å²) in [5.41, 5.74) is 2.15. The number of aromatic nitrogens is 2. The van der Waals surface area contributed by atoms with E-state index in [1.54, 1.807) is 13.3 Å². The molecule has 1 aliphatic carbocycles. The predicted octanol–water partition coefficient (Wildman–Crippen LogP) is 4.87. The number of piperidine rings is 1. The van der Waals surface area contributed by atoms with E-state index in [1.807, 2.05) is 12.3 Å². The fourth-order valence-corrected chi connectivity index (χ4v) is 5.26. The van der Waals surface area contributed by atoms with Crippen molar-refractivity contribution in [3.8, 4) is 0 Å². The first-order chi connectivity index (χ1) is 13.7. The third-order valence-electron chi connectivity index (χ3n) is 7.01. The van der Waals surface area contributed by atoms with E-state index in [0.29, 0.717) is 6.04 Å². The van der Waals surface area contributed by atoms with Crippen LogP contribution in [-0.4, -0.2) is 46.9 Å². The lowest BCUT2D eigenvalue weighted by atomic mass is 9.79. The van der Waals surface area contributed by atoms with Crippen LogP contribution in [0.2, 0.25) is 0 Å². The van der Waals surface area contributed by atoms with E-state index < -0.39 is 0 Å². The van der Waals surface area contributed by atoms with Gasteiger partial charge in [0.1, 0.15) is 12.8 Å². The van der Waals surface area contributed by atoms with E-state index in [1.165, 1.54) is 51.6 Å². The number of rotatable bonds is 5. The van der Waals surface area contributed by atoms with Crippen LogP contribution in [-0.2, 0) is 4.84 Å². The summed E-state index contributed by atoms with van der Waals surface area (Å²) in [6.07, 6.45) is 13.9. The maximum Gasteiger partial charge on any atom is 0.140 e. The Bertz CT molecular complexity index is 796. The van der Waals surface area contributed by atoms with Crippen LogP contribution in [0.3, 0.4) is 0 Å². The summed E-state index contributed by atoms with van der Waals surface area (Å²) in [6, 6.07) is 5.44. The Balaban J connectivity index is 1.42. The Hall–Kier alpha value is -1.88. The number of nitrogens with zero attached hydrogens (tertiary/aromatic N) is 4. The molecule has 1 aliphatic heterocycles. The lowest BCUT2D eigenvalue weighted by Crippen LogP contribution is -2.43. The monoisotopic (exact) mass is 382 g/mol. The van der Waals surface area contributed by atoms with Crippen molar-refractivity contribution in [2.24, 2.45) is 17.0 Å². The molecule has 2 aromatic rings. The van der Waals surface area contributed by atoms with Crippen LogP contribution in [0.15, 0.2) is 29.7 Å². The lowest BCUT2D eigenvalue weighted by molar-refractivity contribution is 0.0893. The van der Waals surface area contributed by atoms with Crippen molar-refractivity contribution in [2.45, 2.75) is 64.5 Å². The van der Waals surface area contributed by atoms with Gasteiger partial charge in [-0.05, 0) is 62.5 Å². The van der Waals surface area contributed by atoms with Crippen molar-refractivity contribution in [2.75, 3.05) is 20.2 Å². The van der Waals surface area contributed by atoms with Gasteiger partial charge < -0.3 is 14.3 Å². The summed E-state index contributed by atoms with van der Waals surface area (Å²) in [5.74, 6) is 1.79. The van der Waals surface area contributed by atoms with Gasteiger partial charge in [-0.3, -0.25) is 0 Å². The third kappa shape index (κ3) is 3.95. The molecular formula is C23H34N4O. The van der Waals surface area contributed by atoms with Gasteiger partial charge in [-0.25, -0.2) is 4.98 Å². The van der Waals surface area contributed by atoms with Crippen molar-refractivity contribution in [3.63, 3.8) is 0 Å². The summed E-state index contributed by atoms with van der Waals surface area (Å²) in [7, 11) is 1.58. The number of hydrogen-bond acceptors (Lipinski definition) is 4. The first kappa shape index (κ1) is 19.4. The third-order valence-corrected chi connectivity index (χ3v) is 7.01. The highest BCUT2D eigenvalue weighted by Gasteiger charge is 2.30. The average Bonchev–Trinajstić information content (AvgIpc) is 3.11. The molecular weight excluding hydrogens is 348 g/mol. The van der Waals surface area contributed by atoms with Crippen molar-refractivity contribution in [1.29, 1.82) is 0 Å². The predicted molar refractivity (Wildman–Crippen MR) is 115 cm³/mol. The van der Waals surface area contributed by atoms with Gasteiger partial charge in [0.25, 0.3) is 0 Å². The van der Waals surface area contributed by atoms with Gasteiger partial charge in [-0.1, -0.05) is 19.0 Å². The van der Waals surface area contributed by atoms with Crippen LogP contribution >= 0.6 is 0 Å². The molecule has 28 heavy (non-hydrogen) atoms. The molecule has 0 atom stereocenters. The zero-order valence-corrected chi connectivity index (χ0v) is 17.6. The first-order valence-corrected chi connectivity index (χ1v) is 10.9. The second-order valence-corrected chi connectivity index (χ2v) is 8.86. The minimum absolute atomic E-state index is 0.519. The number of hydrogen-bond donors (Lipinski definition) is 0. The molecule has 0 aromatic carbocycles. The Morgan fingerprint density at radius 1 is 1.11 bits per heavy atom. The summed E-state index contributed by atoms with van der Waals surface area (Å²) in [6.45, 7) is 7.18. The molecule has 5 nitrogen and oxygen atoms in total. The quantitative estimate of drug-likeness (QED) is 0.547. The fourth-order valence-electron chi connectivity index (χ4n) is 5.26. The topological polar surface area (TPSA) is 42.6 Å². The van der Waals surface area contributed by atoms with E-state index in [2.05, 4.69) is 45.7 Å². The Kier molecular flexibility index (Phi) is 6.00. The molecule has 4 rings (SSSR count). The summed E-state index contributed by atoms with van der Waals surface area (Å²) in [5, 5.41) is 5.12. The number of fused-ring (bicyclic) bond motifs is 1. The minimum Gasteiger partial charge on any atom is -0.399 e. The van der Waals surface area contributed by atoms with Gasteiger partial charge >= 0.3 is 0 Å². The van der Waals surface area contributed by atoms with Gasteiger partial charge in [-0.2, -0.15) is 0 Å². The molecule has 2 aromatic heterocycles. The summed E-state index contributed by atoms with van der Waals surface area (Å²) in [4.78, 5) is 12.3. The van der Waals surface area contributed by atoms with Crippen LogP contribution in [0, 0.1) is 11.8 Å². The van der Waals surface area contributed by atoms with Gasteiger partial charge in [-0.15, -0.1) is 0 Å². The van der Waals surface area contributed by atoms with Gasteiger partial charge in [0.2, 0.25) is 0 Å². The summed E-state index contributed by atoms with van der Waals surface area (Å²) >= 11 is 0. The highest BCUT2D eigenvalue weighted by Crippen LogP contribution is 2.35. The number of likely N-dealkylation sites (tertiary alicyclic amines) is 1. The first-order valence-electron chi connectivity index (χ1n) is 10.9. The summed E-state index contributed by atoms with van der Waals surface area (Å²) < 4.78 is 2.37. The van der Waals surface area contributed by atoms with Gasteiger partial charge in [0.15, 0.2) is 0 Å². The van der Waals surface area contributed by atoms with Crippen molar-refractivity contribution in [3.05, 3.63) is 30.1 Å². The molecule has 0 spiro atoms. The molecule has 152 valence electrons. The second kappa shape index (κ2) is 8.64. The molecule has 3 heterocycles. The van der Waals surface area contributed by atoms with Crippen molar-refractivity contribution >= 4 is 17.2 Å². The van der Waals surface area contributed by atoms with E-state index in [4.69, 9.17) is 4.84 Å². The lowest BCUT2D eigenvalue weighted by Gasteiger charge is -2.41. The van der Waals surface area contributed by atoms with Crippen LogP contribution in [0.25, 0.3) is 11.0 Å². The fraction of sp³-hybridized carbons (Fsp3) is 0.652. The SMILES string of the molecule is CO/N=C/c1cn(C2CCN(C3CCC(C(C)C)CC3)CC2)c2ncccc12. The Labute approximate surface area is 168 Å². The minimum atomic E-state index is 0.519. The van der Waals surface area contributed by atoms with Crippen LogP contribution < -0.4 is 0 Å². The smallest absolute Gasteiger partial charge is 0.140 e. The molecule has 2 aliphatic rings. The Morgan fingerprint density at radius 2 is 1.86 bits per heavy atom. The maximum atomic E-state index is 4.89. The second-order valence-electron chi connectivity index (χ2n) is 8.86. The average molecular weight is 383 g/mol. The molecule has 0 unspecified atom stereocenters. The van der Waals surface area contributed by atoms with Crippen molar-refractivity contribution < 1.29 is 4.84 Å². The molecule has 0 bridgehead atoms. The van der Waals surface area contributed by atoms with E-state index in [-0.39, 0.29) is 0 Å². The molecule has 0 N–H and O–H groups in total. The highest BCUT2D eigenvalue weighted by molar-refractivity contribution is 5.97. The van der Waals surface area contributed by atoms with Crippen LogP contribution in [0.5, 0.6) is 0 Å². The molecule has 1 saturated heterocycles. The zero-order valence-electron chi connectivity index (χ0n) is 17.6. The van der Waals surface area contributed by atoms with Gasteiger partial charge in [0.05, 0.1) is 6.21 Å². The van der Waals surface area contributed by atoms with E-state index in [9.17, 15) is 0 Å². The molecule has 5 heteroatoms. The Morgan fingerprint density at radius 3 is 2.54 bits per heavy atom.